The summed E-state index contributed by atoms with van der Waals surface area (Å²) in [5, 5.41) is 0.527. The standard InChI is InChI=1S/C47H50O22/c1-20-14-15-29-31(20)17-32-21(2)16-36(55)67-38(32)37(29)68-45(56)30-12-10-11-13-33(30)64-46-44(63-28(9)54)42(40(60-25(6)51)35(65-46)19-58-23(4)49)69-47-43(62-27(8)53)41(61-26(7)52)39(59-24(5)50)34(66-47)18-57-22(3)48/h10-14,16-17,34-35,39-44,46-47H,15,18-19H2,1-9H3/t34-,35-,39+,40-,41+,42+,43-,44-,46-,47+/m1/s1. The minimum Gasteiger partial charge on any atom is -0.463 e. The maximum atomic E-state index is 14.4. The third-order valence-corrected chi connectivity index (χ3v) is 10.8. The molecule has 2 saturated heterocycles. The minimum atomic E-state index is -1.95. The van der Waals surface area contributed by atoms with Crippen molar-refractivity contribution in [1.29, 1.82) is 0 Å². The van der Waals surface area contributed by atoms with Crippen molar-refractivity contribution >= 4 is 64.3 Å². The van der Waals surface area contributed by atoms with E-state index in [0.717, 1.165) is 59.6 Å². The van der Waals surface area contributed by atoms with Crippen LogP contribution in [0.2, 0.25) is 0 Å². The molecule has 0 bridgehead atoms. The number of para-hydroxylation sites is 1. The first-order chi connectivity index (χ1) is 32.6. The van der Waals surface area contributed by atoms with Crippen molar-refractivity contribution < 1.29 is 99.6 Å². The van der Waals surface area contributed by atoms with Crippen molar-refractivity contribution in [3.63, 3.8) is 0 Å². The van der Waals surface area contributed by atoms with E-state index in [4.69, 9.17) is 61.3 Å². The summed E-state index contributed by atoms with van der Waals surface area (Å²) in [6, 6.07) is 8.85. The molecule has 2 fully saturated rings. The zero-order valence-electron chi connectivity index (χ0n) is 38.9. The molecule has 0 N–H and O–H groups in total. The molecule has 370 valence electrons. The molecule has 0 radical (unpaired) electrons. The van der Waals surface area contributed by atoms with Gasteiger partial charge in [0.1, 0.15) is 42.8 Å². The van der Waals surface area contributed by atoms with Gasteiger partial charge in [0.05, 0.1) is 0 Å². The number of hydrogen-bond acceptors (Lipinski definition) is 22. The van der Waals surface area contributed by atoms with Crippen molar-refractivity contribution in [2.75, 3.05) is 13.2 Å². The zero-order valence-corrected chi connectivity index (χ0v) is 38.9. The van der Waals surface area contributed by atoms with Crippen LogP contribution in [-0.4, -0.2) is 122 Å². The SMILES string of the molecule is CC(=O)OC[C@H]1O[C@@H](O[C@@H]2[C@@H](OC(C)=O)[C@H](Oc3ccccc3C(=O)Oc3c4c(cc5c(C)cc(=O)oc35)C(C)=CC4)O[C@H](COC(C)=O)[C@H]2OC(C)=O)[C@H](OC(C)=O)[C@@H](OC(C)=O)[C@H]1OC(C)=O. The number of carbonyl (C=O) groups excluding carboxylic acids is 8. The number of esters is 8. The van der Waals surface area contributed by atoms with Crippen LogP contribution in [0.5, 0.6) is 11.5 Å². The topological polar surface area (TPSA) is 278 Å². The first-order valence-corrected chi connectivity index (χ1v) is 21.5. The maximum Gasteiger partial charge on any atom is 0.347 e. The minimum absolute atomic E-state index is 0.00753. The third-order valence-electron chi connectivity index (χ3n) is 10.8. The van der Waals surface area contributed by atoms with Gasteiger partial charge in [0.2, 0.25) is 6.29 Å². The molecular weight excluding hydrogens is 916 g/mol. The smallest absolute Gasteiger partial charge is 0.347 e. The number of fused-ring (bicyclic) bond motifs is 2. The molecule has 69 heavy (non-hydrogen) atoms. The highest BCUT2D eigenvalue weighted by atomic mass is 16.8. The molecule has 3 aromatic rings. The van der Waals surface area contributed by atoms with Gasteiger partial charge in [-0.05, 0) is 55.2 Å². The molecule has 22 nitrogen and oxygen atoms in total. The molecule has 0 spiro atoms. The van der Waals surface area contributed by atoms with Gasteiger partial charge in [-0.15, -0.1) is 0 Å². The Hall–Kier alpha value is -7.17. The average molecular weight is 967 g/mol. The van der Waals surface area contributed by atoms with Crippen LogP contribution in [-0.2, 0) is 87.4 Å². The summed E-state index contributed by atoms with van der Waals surface area (Å²) in [5.74, 6) is -7.61. The number of hydrogen-bond donors (Lipinski definition) is 0. The van der Waals surface area contributed by atoms with Crippen molar-refractivity contribution in [2.45, 2.75) is 130 Å². The summed E-state index contributed by atoms with van der Waals surface area (Å²) in [6.45, 7) is 9.52. The summed E-state index contributed by atoms with van der Waals surface area (Å²) in [5.41, 5.74) is 1.97. The van der Waals surface area contributed by atoms with Crippen LogP contribution in [0.3, 0.4) is 0 Å². The highest BCUT2D eigenvalue weighted by Crippen LogP contribution is 2.42. The Morgan fingerprint density at radius 1 is 0.609 bits per heavy atom. The van der Waals surface area contributed by atoms with Gasteiger partial charge in [-0.3, -0.25) is 33.6 Å². The maximum absolute atomic E-state index is 14.4. The molecule has 10 atom stereocenters. The van der Waals surface area contributed by atoms with Crippen LogP contribution >= 0.6 is 0 Å². The third kappa shape index (κ3) is 12.3. The molecule has 0 saturated carbocycles. The number of rotatable bonds is 15. The number of ether oxygens (including phenoxy) is 12. The lowest BCUT2D eigenvalue weighted by Crippen LogP contribution is -2.67. The second-order valence-corrected chi connectivity index (χ2v) is 16.1. The largest absolute Gasteiger partial charge is 0.463 e. The fourth-order valence-electron chi connectivity index (χ4n) is 8.06. The van der Waals surface area contributed by atoms with E-state index in [1.54, 1.807) is 6.92 Å². The van der Waals surface area contributed by atoms with E-state index in [2.05, 4.69) is 0 Å². The van der Waals surface area contributed by atoms with Crippen molar-refractivity contribution in [3.8, 4) is 11.5 Å². The van der Waals surface area contributed by atoms with Gasteiger partial charge in [0.15, 0.2) is 48.1 Å². The van der Waals surface area contributed by atoms with Gasteiger partial charge < -0.3 is 61.3 Å². The van der Waals surface area contributed by atoms with Crippen LogP contribution in [0.15, 0.2) is 51.7 Å². The summed E-state index contributed by atoms with van der Waals surface area (Å²) in [6.07, 6.45) is -15.1. The molecule has 6 rings (SSSR count). The van der Waals surface area contributed by atoms with Crippen molar-refractivity contribution in [3.05, 3.63) is 75.1 Å². The number of carbonyl (C=O) groups is 8. The van der Waals surface area contributed by atoms with Gasteiger partial charge in [0.25, 0.3) is 0 Å². The van der Waals surface area contributed by atoms with Gasteiger partial charge in [-0.25, -0.2) is 9.59 Å². The Kier molecular flexibility index (Phi) is 16.2. The molecule has 0 unspecified atom stereocenters. The van der Waals surface area contributed by atoms with E-state index < -0.39 is 128 Å². The second-order valence-electron chi connectivity index (χ2n) is 16.1. The van der Waals surface area contributed by atoms with Crippen LogP contribution in [0.1, 0.15) is 82.4 Å². The Labute approximate surface area is 393 Å². The summed E-state index contributed by atoms with van der Waals surface area (Å²) in [4.78, 5) is 115. The molecule has 3 aliphatic rings. The lowest BCUT2D eigenvalue weighted by Gasteiger charge is -2.48. The Bertz CT molecular complexity index is 2610. The molecule has 0 amide bonds. The molecule has 1 aromatic heterocycles. The van der Waals surface area contributed by atoms with E-state index in [-0.39, 0.29) is 22.6 Å². The van der Waals surface area contributed by atoms with Crippen LogP contribution in [0.25, 0.3) is 16.5 Å². The molecule has 22 heteroatoms. The van der Waals surface area contributed by atoms with Gasteiger partial charge >= 0.3 is 53.4 Å². The van der Waals surface area contributed by atoms with Crippen LogP contribution in [0.4, 0.5) is 0 Å². The zero-order chi connectivity index (χ0) is 50.4. The van der Waals surface area contributed by atoms with E-state index in [9.17, 15) is 43.2 Å². The Morgan fingerprint density at radius 3 is 1.68 bits per heavy atom. The molecule has 1 aliphatic carbocycles. The van der Waals surface area contributed by atoms with Crippen molar-refractivity contribution in [1.82, 2.24) is 0 Å². The first-order valence-electron chi connectivity index (χ1n) is 21.5. The number of allylic oxidation sites excluding steroid dienone is 2. The van der Waals surface area contributed by atoms with E-state index in [0.29, 0.717) is 22.9 Å². The second kappa shape index (κ2) is 21.8. The average Bonchev–Trinajstić information content (AvgIpc) is 3.62. The highest BCUT2D eigenvalue weighted by Gasteiger charge is 2.58. The molecule has 2 aliphatic heterocycles. The first kappa shape index (κ1) is 51.2. The fourth-order valence-corrected chi connectivity index (χ4v) is 8.06. The number of benzene rings is 2. The summed E-state index contributed by atoms with van der Waals surface area (Å²) < 4.78 is 75.4. The van der Waals surface area contributed by atoms with E-state index >= 15 is 0 Å². The summed E-state index contributed by atoms with van der Waals surface area (Å²) >= 11 is 0. The van der Waals surface area contributed by atoms with E-state index in [1.165, 1.54) is 30.3 Å². The Balaban J connectivity index is 1.45. The predicted molar refractivity (Wildman–Crippen MR) is 230 cm³/mol. The molecule has 3 heterocycles. The normalized spacial score (nSPS) is 24.9. The van der Waals surface area contributed by atoms with Crippen LogP contribution in [0, 0.1) is 6.92 Å². The Morgan fingerprint density at radius 2 is 1.12 bits per heavy atom. The fraction of sp³-hybridized carbons (Fsp3) is 0.468. The van der Waals surface area contributed by atoms with Crippen molar-refractivity contribution in [2.24, 2.45) is 0 Å². The molecule has 2 aromatic carbocycles. The predicted octanol–water partition coefficient (Wildman–Crippen LogP) is 3.28. The van der Waals surface area contributed by atoms with Gasteiger partial charge in [0, 0.05) is 65.5 Å². The quantitative estimate of drug-likeness (QED) is 0.0914. The number of aryl methyl sites for hydroxylation is 1. The monoisotopic (exact) mass is 966 g/mol. The highest BCUT2D eigenvalue weighted by molar-refractivity contribution is 5.99. The van der Waals surface area contributed by atoms with Gasteiger partial charge in [-0.1, -0.05) is 18.2 Å². The molecular formula is C47H50O22. The summed E-state index contributed by atoms with van der Waals surface area (Å²) in [7, 11) is 0. The van der Waals surface area contributed by atoms with Gasteiger partial charge in [-0.2, -0.15) is 0 Å². The lowest BCUT2D eigenvalue weighted by molar-refractivity contribution is -0.355. The lowest BCUT2D eigenvalue weighted by atomic mass is 9.96. The van der Waals surface area contributed by atoms with Crippen LogP contribution < -0.4 is 15.1 Å². The van der Waals surface area contributed by atoms with E-state index in [1.807, 2.05) is 19.1 Å².